The Hall–Kier alpha value is -2.65. The van der Waals surface area contributed by atoms with Crippen LogP contribution in [0.4, 0.5) is 10.6 Å². The molecule has 1 atom stereocenters. The Labute approximate surface area is 126 Å². The second-order valence-electron chi connectivity index (χ2n) is 5.22. The van der Waals surface area contributed by atoms with Crippen LogP contribution in [-0.4, -0.2) is 34.5 Å². The number of H-pyrrole nitrogens is 1. The summed E-state index contributed by atoms with van der Waals surface area (Å²) in [5.41, 5.74) is 4.24. The van der Waals surface area contributed by atoms with Gasteiger partial charge in [-0.05, 0) is 32.9 Å². The molecule has 0 saturated heterocycles. The minimum Gasteiger partial charge on any atom is -0.464 e. The fourth-order valence-electron chi connectivity index (χ4n) is 1.41. The molecule has 0 fully saturated rings. The monoisotopic (exact) mass is 313 g/mol. The number of ether oxygens (including phenoxy) is 2. The molecule has 1 aromatic heterocycles. The maximum Gasteiger partial charge on any atom is 0.426 e. The van der Waals surface area contributed by atoms with Crippen molar-refractivity contribution in [2.75, 3.05) is 12.0 Å². The molecule has 0 aliphatic carbocycles. The Bertz CT molecular complexity index is 536. The summed E-state index contributed by atoms with van der Waals surface area (Å²) in [5.74, 6) is -0.605. The van der Waals surface area contributed by atoms with Crippen LogP contribution < -0.4 is 10.9 Å². The zero-order valence-electron chi connectivity index (χ0n) is 12.8. The van der Waals surface area contributed by atoms with Crippen LogP contribution in [0.25, 0.3) is 0 Å². The first-order valence-corrected chi connectivity index (χ1v) is 6.56. The summed E-state index contributed by atoms with van der Waals surface area (Å²) in [6.45, 7) is 6.91. The van der Waals surface area contributed by atoms with E-state index >= 15 is 0 Å². The molecule has 1 rings (SSSR count). The molecule has 10 nitrogen and oxygen atoms in total. The van der Waals surface area contributed by atoms with E-state index < -0.39 is 23.7 Å². The fraction of sp³-hybridized carbons (Fsp3) is 0.583. The lowest BCUT2D eigenvalue weighted by atomic mass is 10.2. The van der Waals surface area contributed by atoms with Gasteiger partial charge in [0.1, 0.15) is 5.60 Å². The molecule has 0 aliphatic rings. The topological polar surface area (TPSA) is 135 Å². The third-order valence-corrected chi connectivity index (χ3v) is 2.20. The summed E-state index contributed by atoms with van der Waals surface area (Å²) in [6.07, 6.45) is -0.701. The van der Waals surface area contributed by atoms with Crippen molar-refractivity contribution in [2.24, 2.45) is 5.18 Å². The molecule has 10 heteroatoms. The lowest BCUT2D eigenvalue weighted by Gasteiger charge is -2.19. The number of nitroso groups, excluding NO2 is 1. The number of aromatic nitrogens is 2. The van der Waals surface area contributed by atoms with Gasteiger partial charge in [0, 0.05) is 6.07 Å². The van der Waals surface area contributed by atoms with Crippen LogP contribution in [0.2, 0.25) is 0 Å². The van der Waals surface area contributed by atoms with Gasteiger partial charge in [0.25, 0.3) is 0 Å². The summed E-state index contributed by atoms with van der Waals surface area (Å²) in [5, 5.41) is 8.95. The molecule has 1 aromatic rings. The van der Waals surface area contributed by atoms with E-state index in [1.807, 2.05) is 0 Å². The van der Waals surface area contributed by atoms with Crippen molar-refractivity contribution < 1.29 is 19.1 Å². The van der Waals surface area contributed by atoms with Crippen LogP contribution in [0, 0.1) is 4.91 Å². The third-order valence-electron chi connectivity index (χ3n) is 2.20. The molecule has 0 bridgehead atoms. The first-order chi connectivity index (χ1) is 10.3. The van der Waals surface area contributed by atoms with Crippen LogP contribution in [0.5, 0.6) is 0 Å². The molecule has 3 N–H and O–H groups in total. The lowest BCUT2D eigenvalue weighted by molar-refractivity contribution is -0.144. The molecule has 1 amide bonds. The van der Waals surface area contributed by atoms with Crippen molar-refractivity contribution in [1.82, 2.24) is 15.6 Å². The van der Waals surface area contributed by atoms with Gasteiger partial charge in [-0.2, -0.15) is 5.10 Å². The first-order valence-electron chi connectivity index (χ1n) is 6.56. The number of hydrogen-bond donors (Lipinski definition) is 3. The molecular weight excluding hydrogens is 294 g/mol. The first kappa shape index (κ1) is 17.4. The minimum absolute atomic E-state index is 0.129. The standard InChI is InChI=1S/C12H19N5O5/c1-5-21-10(18)9(17-20)7-6-8(14-13-7)15-16-11(19)22-12(2,3)4/h6,9H,5H2,1-4H3,(H,16,19)(H2,13,14,15). The number of esters is 1. The molecule has 0 aliphatic heterocycles. The fourth-order valence-corrected chi connectivity index (χ4v) is 1.41. The predicted octanol–water partition coefficient (Wildman–Crippen LogP) is 1.63. The number of rotatable bonds is 6. The van der Waals surface area contributed by atoms with Crippen LogP contribution in [0.15, 0.2) is 11.2 Å². The van der Waals surface area contributed by atoms with Crippen LogP contribution in [-0.2, 0) is 14.3 Å². The summed E-state index contributed by atoms with van der Waals surface area (Å²) in [7, 11) is 0. The maximum absolute atomic E-state index is 11.5. The van der Waals surface area contributed by atoms with Crippen LogP contribution >= 0.6 is 0 Å². The average molecular weight is 313 g/mol. The second kappa shape index (κ2) is 7.38. The highest BCUT2D eigenvalue weighted by Crippen LogP contribution is 2.19. The van der Waals surface area contributed by atoms with Crippen molar-refractivity contribution in [3.05, 3.63) is 16.7 Å². The number of amides is 1. The SMILES string of the molecule is CCOC(=O)C(N=O)c1cc(NNC(=O)OC(C)(C)C)n[nH]1. The highest BCUT2D eigenvalue weighted by molar-refractivity contribution is 5.77. The van der Waals surface area contributed by atoms with Gasteiger partial charge in [0.15, 0.2) is 5.82 Å². The molecule has 1 unspecified atom stereocenters. The number of nitrogens with zero attached hydrogens (tertiary/aromatic N) is 2. The molecule has 22 heavy (non-hydrogen) atoms. The van der Waals surface area contributed by atoms with Crippen LogP contribution in [0.1, 0.15) is 39.4 Å². The molecule has 0 aromatic carbocycles. The van der Waals surface area contributed by atoms with E-state index in [2.05, 4.69) is 26.2 Å². The van der Waals surface area contributed by atoms with Gasteiger partial charge in [-0.25, -0.2) is 15.0 Å². The summed E-state index contributed by atoms with van der Waals surface area (Å²) >= 11 is 0. The van der Waals surface area contributed by atoms with Crippen molar-refractivity contribution in [3.8, 4) is 0 Å². The van der Waals surface area contributed by atoms with Gasteiger partial charge >= 0.3 is 12.1 Å². The van der Waals surface area contributed by atoms with Crippen molar-refractivity contribution >= 4 is 17.9 Å². The van der Waals surface area contributed by atoms with Crippen molar-refractivity contribution in [2.45, 2.75) is 39.3 Å². The lowest BCUT2D eigenvalue weighted by Crippen LogP contribution is -2.35. The number of hydrogen-bond acceptors (Lipinski definition) is 8. The molecule has 0 spiro atoms. The van der Waals surface area contributed by atoms with E-state index in [9.17, 15) is 14.5 Å². The average Bonchev–Trinajstić information content (AvgIpc) is 2.84. The third kappa shape index (κ3) is 5.38. The molecule has 0 radical (unpaired) electrons. The molecule has 122 valence electrons. The van der Waals surface area contributed by atoms with Crippen LogP contribution in [0.3, 0.4) is 0 Å². The minimum atomic E-state index is -1.34. The van der Waals surface area contributed by atoms with E-state index in [1.54, 1.807) is 27.7 Å². The number of carbonyl (C=O) groups excluding carboxylic acids is 2. The normalized spacial score (nSPS) is 12.2. The highest BCUT2D eigenvalue weighted by atomic mass is 16.6. The predicted molar refractivity (Wildman–Crippen MR) is 76.7 cm³/mol. The van der Waals surface area contributed by atoms with Gasteiger partial charge in [-0.15, -0.1) is 4.91 Å². The smallest absolute Gasteiger partial charge is 0.426 e. The van der Waals surface area contributed by atoms with Gasteiger partial charge in [-0.3, -0.25) is 10.5 Å². The number of nitrogens with one attached hydrogen (secondary N) is 3. The summed E-state index contributed by atoms with van der Waals surface area (Å²) in [4.78, 5) is 33.7. The zero-order chi connectivity index (χ0) is 16.8. The Morgan fingerprint density at radius 1 is 1.45 bits per heavy atom. The Morgan fingerprint density at radius 2 is 2.14 bits per heavy atom. The second-order valence-corrected chi connectivity index (χ2v) is 5.22. The number of anilines is 1. The Balaban J connectivity index is 2.62. The van der Waals surface area contributed by atoms with E-state index in [0.29, 0.717) is 0 Å². The molecule has 0 saturated carbocycles. The highest BCUT2D eigenvalue weighted by Gasteiger charge is 2.25. The number of carbonyl (C=O) groups is 2. The maximum atomic E-state index is 11.5. The molecule has 1 heterocycles. The van der Waals surface area contributed by atoms with E-state index in [-0.39, 0.29) is 18.1 Å². The van der Waals surface area contributed by atoms with E-state index in [4.69, 9.17) is 9.47 Å². The Kier molecular flexibility index (Phi) is 5.84. The molecular formula is C12H19N5O5. The zero-order valence-corrected chi connectivity index (χ0v) is 12.8. The van der Waals surface area contributed by atoms with Crippen molar-refractivity contribution in [1.29, 1.82) is 0 Å². The Morgan fingerprint density at radius 3 is 2.68 bits per heavy atom. The van der Waals surface area contributed by atoms with Gasteiger partial charge < -0.3 is 9.47 Å². The van der Waals surface area contributed by atoms with Gasteiger partial charge in [-0.1, -0.05) is 0 Å². The number of aromatic amines is 1. The summed E-state index contributed by atoms with van der Waals surface area (Å²) < 4.78 is 9.73. The van der Waals surface area contributed by atoms with E-state index in [1.165, 1.54) is 6.07 Å². The summed E-state index contributed by atoms with van der Waals surface area (Å²) in [6, 6.07) is 0.00454. The van der Waals surface area contributed by atoms with Gasteiger partial charge in [0.2, 0.25) is 6.04 Å². The number of hydrazine groups is 1. The van der Waals surface area contributed by atoms with Gasteiger partial charge in [0.05, 0.1) is 12.3 Å². The quantitative estimate of drug-likeness (QED) is 0.412. The van der Waals surface area contributed by atoms with E-state index in [0.717, 1.165) is 0 Å². The largest absolute Gasteiger partial charge is 0.464 e. The van der Waals surface area contributed by atoms with Crippen molar-refractivity contribution in [3.63, 3.8) is 0 Å².